The van der Waals surface area contributed by atoms with Crippen molar-refractivity contribution in [2.45, 2.75) is 76.5 Å². The van der Waals surface area contributed by atoms with Gasteiger partial charge < -0.3 is 15.8 Å². The third-order valence-electron chi connectivity index (χ3n) is 5.25. The maximum Gasteiger partial charge on any atom is 0.251 e. The van der Waals surface area contributed by atoms with E-state index >= 15 is 0 Å². The summed E-state index contributed by atoms with van der Waals surface area (Å²) in [5.41, 5.74) is 6.81. The molecule has 1 aliphatic rings. The number of methoxy groups -OCH3 is 1. The van der Waals surface area contributed by atoms with Crippen LogP contribution in [0.25, 0.3) is 0 Å². The smallest absolute Gasteiger partial charge is 0.251 e. The molecule has 0 bridgehead atoms. The average molecular weight is 365 g/mol. The van der Waals surface area contributed by atoms with Crippen LogP contribution in [0.5, 0.6) is 0 Å². The third kappa shape index (κ3) is 6.36. The molecule has 2 unspecified atom stereocenters. The molecule has 1 aliphatic carbocycles. The van der Waals surface area contributed by atoms with Gasteiger partial charge in [-0.3, -0.25) is 4.79 Å². The van der Waals surface area contributed by atoms with Gasteiger partial charge in [-0.05, 0) is 50.3 Å². The highest BCUT2D eigenvalue weighted by atomic mass is 19.1. The Morgan fingerprint density at radius 3 is 2.46 bits per heavy atom. The van der Waals surface area contributed by atoms with Gasteiger partial charge in [0.1, 0.15) is 5.82 Å². The number of ether oxygens (including phenoxy) is 1. The molecule has 1 saturated carbocycles. The van der Waals surface area contributed by atoms with Crippen LogP contribution in [0.4, 0.5) is 4.39 Å². The lowest BCUT2D eigenvalue weighted by molar-refractivity contribution is -0.134. The van der Waals surface area contributed by atoms with Gasteiger partial charge in [0.05, 0.1) is 0 Å². The summed E-state index contributed by atoms with van der Waals surface area (Å²) in [4.78, 5) is 12.7. The second kappa shape index (κ2) is 9.47. The Balaban J connectivity index is 1.92. The number of carbonyl (C=O) groups is 1. The van der Waals surface area contributed by atoms with Crippen molar-refractivity contribution in [3.8, 4) is 0 Å². The van der Waals surface area contributed by atoms with Gasteiger partial charge in [-0.2, -0.15) is 0 Å². The normalized spacial score (nSPS) is 18.3. The van der Waals surface area contributed by atoms with E-state index in [0.717, 1.165) is 12.0 Å². The first-order valence-electron chi connectivity index (χ1n) is 9.65. The molecular formula is C21H33FN2O2. The fourth-order valence-corrected chi connectivity index (χ4v) is 3.97. The van der Waals surface area contributed by atoms with E-state index in [4.69, 9.17) is 10.5 Å². The summed E-state index contributed by atoms with van der Waals surface area (Å²) in [6, 6.07) is 6.05. The number of amides is 1. The molecule has 2 rings (SSSR count). The molecule has 0 saturated heterocycles. The fraction of sp³-hybridized carbons (Fsp3) is 0.667. The lowest BCUT2D eigenvalue weighted by Crippen LogP contribution is -2.54. The van der Waals surface area contributed by atoms with Crippen molar-refractivity contribution in [1.82, 2.24) is 5.32 Å². The Kier molecular flexibility index (Phi) is 7.59. The number of carbonyl (C=O) groups excluding carboxylic acids is 1. The number of benzene rings is 1. The Hall–Kier alpha value is -1.46. The summed E-state index contributed by atoms with van der Waals surface area (Å²) >= 11 is 0. The van der Waals surface area contributed by atoms with E-state index in [1.165, 1.54) is 51.3 Å². The second-order valence-electron chi connectivity index (χ2n) is 8.24. The van der Waals surface area contributed by atoms with Gasteiger partial charge in [0.2, 0.25) is 0 Å². The zero-order valence-electron chi connectivity index (χ0n) is 16.3. The number of nitrogens with two attached hydrogens (primary N) is 1. The fourth-order valence-electron chi connectivity index (χ4n) is 3.97. The van der Waals surface area contributed by atoms with Crippen LogP contribution in [0.15, 0.2) is 24.3 Å². The second-order valence-corrected chi connectivity index (χ2v) is 8.24. The van der Waals surface area contributed by atoms with Crippen LogP contribution in [-0.2, 0) is 16.0 Å². The minimum absolute atomic E-state index is 0.178. The molecular weight excluding hydrogens is 331 g/mol. The van der Waals surface area contributed by atoms with Crippen LogP contribution in [0, 0.1) is 11.7 Å². The maximum atomic E-state index is 13.1. The SMILES string of the molecule is COC(C(=O)NC(C)(C)Cc1ccc(F)cc1)C(N)CC1CCCCC1. The highest BCUT2D eigenvalue weighted by Crippen LogP contribution is 2.28. The molecule has 0 heterocycles. The summed E-state index contributed by atoms with van der Waals surface area (Å²) in [5.74, 6) is 0.156. The minimum Gasteiger partial charge on any atom is -0.370 e. The van der Waals surface area contributed by atoms with Gasteiger partial charge in [-0.1, -0.05) is 44.2 Å². The van der Waals surface area contributed by atoms with Crippen molar-refractivity contribution in [3.05, 3.63) is 35.6 Å². The van der Waals surface area contributed by atoms with Crippen LogP contribution < -0.4 is 11.1 Å². The standard InChI is InChI=1S/C21H33FN2O2/c1-21(2,14-16-9-11-17(22)12-10-16)24-20(25)19(26-3)18(23)13-15-7-5-4-6-8-15/h9-12,15,18-19H,4-8,13-14,23H2,1-3H3,(H,24,25). The lowest BCUT2D eigenvalue weighted by atomic mass is 9.83. The van der Waals surface area contributed by atoms with Gasteiger partial charge in [0, 0.05) is 18.7 Å². The van der Waals surface area contributed by atoms with Crippen LogP contribution in [0.2, 0.25) is 0 Å². The van der Waals surface area contributed by atoms with Crippen LogP contribution in [0.1, 0.15) is 57.9 Å². The topological polar surface area (TPSA) is 64.3 Å². The van der Waals surface area contributed by atoms with Gasteiger partial charge in [-0.15, -0.1) is 0 Å². The Morgan fingerprint density at radius 1 is 1.27 bits per heavy atom. The van der Waals surface area contributed by atoms with Crippen LogP contribution in [0.3, 0.4) is 0 Å². The van der Waals surface area contributed by atoms with E-state index in [1.807, 2.05) is 13.8 Å². The molecule has 1 fully saturated rings. The van der Waals surface area contributed by atoms with E-state index in [2.05, 4.69) is 5.32 Å². The van der Waals surface area contributed by atoms with E-state index < -0.39 is 11.6 Å². The summed E-state index contributed by atoms with van der Waals surface area (Å²) in [5, 5.41) is 3.05. The van der Waals surface area contributed by atoms with Crippen molar-refractivity contribution >= 4 is 5.91 Å². The van der Waals surface area contributed by atoms with Crippen LogP contribution in [-0.4, -0.2) is 30.7 Å². The summed E-state index contributed by atoms with van der Waals surface area (Å²) < 4.78 is 18.5. The highest BCUT2D eigenvalue weighted by molar-refractivity contribution is 5.82. The predicted octanol–water partition coefficient (Wildman–Crippen LogP) is 3.58. The van der Waals surface area contributed by atoms with Crippen molar-refractivity contribution in [3.63, 3.8) is 0 Å². The first kappa shape index (κ1) is 20.8. The molecule has 4 nitrogen and oxygen atoms in total. The summed E-state index contributed by atoms with van der Waals surface area (Å²) in [6.07, 6.45) is 6.99. The Morgan fingerprint density at radius 2 is 1.88 bits per heavy atom. The van der Waals surface area contributed by atoms with Crippen molar-refractivity contribution in [1.29, 1.82) is 0 Å². The quantitative estimate of drug-likeness (QED) is 0.741. The lowest BCUT2D eigenvalue weighted by Gasteiger charge is -2.32. The van der Waals surface area contributed by atoms with Gasteiger partial charge in [-0.25, -0.2) is 4.39 Å². The van der Waals surface area contributed by atoms with E-state index in [9.17, 15) is 9.18 Å². The van der Waals surface area contributed by atoms with Crippen molar-refractivity contribution in [2.75, 3.05) is 7.11 Å². The van der Waals surface area contributed by atoms with Gasteiger partial charge >= 0.3 is 0 Å². The number of hydrogen-bond donors (Lipinski definition) is 2. The first-order chi connectivity index (χ1) is 12.3. The first-order valence-corrected chi connectivity index (χ1v) is 9.65. The van der Waals surface area contributed by atoms with Crippen molar-refractivity contribution in [2.24, 2.45) is 11.7 Å². The molecule has 2 atom stereocenters. The number of hydrogen-bond acceptors (Lipinski definition) is 3. The van der Waals surface area contributed by atoms with Crippen molar-refractivity contribution < 1.29 is 13.9 Å². The number of rotatable bonds is 8. The van der Waals surface area contributed by atoms with E-state index in [-0.39, 0.29) is 17.8 Å². The molecule has 1 amide bonds. The average Bonchev–Trinajstić information content (AvgIpc) is 2.57. The molecule has 1 aromatic rings. The highest BCUT2D eigenvalue weighted by Gasteiger charge is 2.31. The van der Waals surface area contributed by atoms with Gasteiger partial charge in [0.15, 0.2) is 6.10 Å². The summed E-state index contributed by atoms with van der Waals surface area (Å²) in [6.45, 7) is 3.90. The Labute approximate surface area is 156 Å². The minimum atomic E-state index is -0.649. The number of nitrogens with one attached hydrogen (secondary N) is 1. The monoisotopic (exact) mass is 364 g/mol. The summed E-state index contributed by atoms with van der Waals surface area (Å²) in [7, 11) is 1.54. The molecule has 3 N–H and O–H groups in total. The molecule has 0 radical (unpaired) electrons. The van der Waals surface area contributed by atoms with Gasteiger partial charge in [0.25, 0.3) is 5.91 Å². The van der Waals surface area contributed by atoms with E-state index in [1.54, 1.807) is 12.1 Å². The zero-order chi connectivity index (χ0) is 19.2. The predicted molar refractivity (Wildman–Crippen MR) is 102 cm³/mol. The maximum absolute atomic E-state index is 13.1. The molecule has 1 aromatic carbocycles. The number of halogens is 1. The molecule has 0 aliphatic heterocycles. The molecule has 146 valence electrons. The largest absolute Gasteiger partial charge is 0.370 e. The molecule has 26 heavy (non-hydrogen) atoms. The molecule has 0 aromatic heterocycles. The molecule has 0 spiro atoms. The zero-order valence-corrected chi connectivity index (χ0v) is 16.3. The Bertz CT molecular complexity index is 568. The van der Waals surface area contributed by atoms with Crippen LogP contribution >= 0.6 is 0 Å². The molecule has 5 heteroatoms. The van der Waals surface area contributed by atoms with E-state index in [0.29, 0.717) is 12.3 Å². The third-order valence-corrected chi connectivity index (χ3v) is 5.25.